The number of nitrogens with one attached hydrogen (secondary N) is 1. The van der Waals surface area contributed by atoms with Crippen LogP contribution in [-0.2, 0) is 13.0 Å². The Balaban J connectivity index is 1.75. The molecule has 0 bridgehead atoms. The second-order valence-electron chi connectivity index (χ2n) is 5.69. The van der Waals surface area contributed by atoms with Gasteiger partial charge in [-0.1, -0.05) is 0 Å². The fourth-order valence-corrected chi connectivity index (χ4v) is 2.88. The number of hydrogen-bond donors (Lipinski definition) is 1. The molecular weight excluding hydrogens is 236 g/mol. The molecule has 2 heterocycles. The molecule has 98 valence electrons. The summed E-state index contributed by atoms with van der Waals surface area (Å²) in [5, 5.41) is 3.43. The third-order valence-electron chi connectivity index (χ3n) is 4.17. The van der Waals surface area contributed by atoms with Gasteiger partial charge in [0.2, 0.25) is 0 Å². The van der Waals surface area contributed by atoms with Crippen LogP contribution in [0, 0.1) is 6.92 Å². The van der Waals surface area contributed by atoms with Crippen molar-refractivity contribution in [1.29, 1.82) is 0 Å². The predicted molar refractivity (Wildman–Crippen MR) is 74.1 cm³/mol. The standard InChI is InChI=1S/C16H18N2O/c1-10-6-13(7-12-4-5-17-8-14(10)12)15-9-18-16(19-15)11-2-3-11/h6-7,9,11,17H,2-5,8H2,1H3. The number of aryl methyl sites for hydroxylation is 1. The molecule has 1 aliphatic heterocycles. The van der Waals surface area contributed by atoms with Crippen LogP contribution in [-0.4, -0.2) is 11.5 Å². The number of fused-ring (bicyclic) bond motifs is 1. The van der Waals surface area contributed by atoms with Gasteiger partial charge in [0.25, 0.3) is 0 Å². The largest absolute Gasteiger partial charge is 0.440 e. The van der Waals surface area contributed by atoms with Gasteiger partial charge in [-0.3, -0.25) is 0 Å². The maximum Gasteiger partial charge on any atom is 0.198 e. The van der Waals surface area contributed by atoms with Crippen LogP contribution in [0.2, 0.25) is 0 Å². The number of aromatic nitrogens is 1. The summed E-state index contributed by atoms with van der Waals surface area (Å²) >= 11 is 0. The quantitative estimate of drug-likeness (QED) is 0.894. The monoisotopic (exact) mass is 254 g/mol. The van der Waals surface area contributed by atoms with Crippen molar-refractivity contribution in [3.63, 3.8) is 0 Å². The van der Waals surface area contributed by atoms with E-state index in [1.54, 1.807) is 0 Å². The predicted octanol–water partition coefficient (Wildman–Crippen LogP) is 3.17. The summed E-state index contributed by atoms with van der Waals surface area (Å²) in [7, 11) is 0. The van der Waals surface area contributed by atoms with Gasteiger partial charge in [0, 0.05) is 18.0 Å². The van der Waals surface area contributed by atoms with Crippen molar-refractivity contribution in [2.45, 2.75) is 38.6 Å². The van der Waals surface area contributed by atoms with Crippen molar-refractivity contribution in [3.05, 3.63) is 40.9 Å². The Morgan fingerprint density at radius 1 is 1.32 bits per heavy atom. The zero-order chi connectivity index (χ0) is 12.8. The summed E-state index contributed by atoms with van der Waals surface area (Å²) in [6, 6.07) is 4.50. The molecule has 1 N–H and O–H groups in total. The Morgan fingerprint density at radius 3 is 3.05 bits per heavy atom. The van der Waals surface area contributed by atoms with Crippen LogP contribution in [0.15, 0.2) is 22.7 Å². The van der Waals surface area contributed by atoms with Gasteiger partial charge in [0.15, 0.2) is 11.7 Å². The van der Waals surface area contributed by atoms with Crippen LogP contribution in [0.4, 0.5) is 0 Å². The molecule has 0 spiro atoms. The van der Waals surface area contributed by atoms with E-state index in [0.29, 0.717) is 5.92 Å². The first-order valence-electron chi connectivity index (χ1n) is 7.10. The maximum absolute atomic E-state index is 5.91. The van der Waals surface area contributed by atoms with Gasteiger partial charge in [-0.2, -0.15) is 0 Å². The fourth-order valence-electron chi connectivity index (χ4n) is 2.88. The van der Waals surface area contributed by atoms with E-state index in [4.69, 9.17) is 4.42 Å². The lowest BCUT2D eigenvalue weighted by Crippen LogP contribution is -2.24. The molecule has 1 aliphatic carbocycles. The Labute approximate surface area is 113 Å². The van der Waals surface area contributed by atoms with Crippen LogP contribution in [0.25, 0.3) is 11.3 Å². The van der Waals surface area contributed by atoms with E-state index in [1.807, 2.05) is 6.20 Å². The molecule has 1 aromatic heterocycles. The minimum Gasteiger partial charge on any atom is -0.440 e. The average Bonchev–Trinajstić information content (AvgIpc) is 3.16. The lowest BCUT2D eigenvalue weighted by atomic mass is 9.93. The third kappa shape index (κ3) is 1.98. The molecule has 0 unspecified atom stereocenters. The highest BCUT2D eigenvalue weighted by Crippen LogP contribution is 2.40. The molecular formula is C16H18N2O. The molecule has 1 aromatic carbocycles. The van der Waals surface area contributed by atoms with Gasteiger partial charge in [-0.05, 0) is 61.6 Å². The Bertz CT molecular complexity index is 626. The number of benzene rings is 1. The van der Waals surface area contributed by atoms with Crippen molar-refractivity contribution in [1.82, 2.24) is 10.3 Å². The van der Waals surface area contributed by atoms with Crippen molar-refractivity contribution in [2.75, 3.05) is 6.54 Å². The van der Waals surface area contributed by atoms with Crippen molar-refractivity contribution in [2.24, 2.45) is 0 Å². The molecule has 3 nitrogen and oxygen atoms in total. The van der Waals surface area contributed by atoms with Crippen LogP contribution < -0.4 is 5.32 Å². The number of hydrogen-bond acceptors (Lipinski definition) is 3. The minimum atomic E-state index is 0.580. The normalized spacial score (nSPS) is 18.4. The Kier molecular flexibility index (Phi) is 2.49. The molecule has 2 aromatic rings. The first-order chi connectivity index (χ1) is 9.31. The van der Waals surface area contributed by atoms with Crippen LogP contribution in [0.1, 0.15) is 41.3 Å². The van der Waals surface area contributed by atoms with E-state index in [0.717, 1.165) is 31.2 Å². The lowest BCUT2D eigenvalue weighted by Gasteiger charge is -2.20. The van der Waals surface area contributed by atoms with Crippen LogP contribution in [0.3, 0.4) is 0 Å². The zero-order valence-corrected chi connectivity index (χ0v) is 11.2. The highest BCUT2D eigenvalue weighted by molar-refractivity contribution is 5.61. The first-order valence-corrected chi connectivity index (χ1v) is 7.10. The van der Waals surface area contributed by atoms with E-state index in [-0.39, 0.29) is 0 Å². The zero-order valence-electron chi connectivity index (χ0n) is 11.2. The van der Waals surface area contributed by atoms with E-state index in [9.17, 15) is 0 Å². The molecule has 0 amide bonds. The molecule has 1 fully saturated rings. The van der Waals surface area contributed by atoms with Gasteiger partial charge >= 0.3 is 0 Å². The summed E-state index contributed by atoms with van der Waals surface area (Å²) in [6.45, 7) is 4.25. The second kappa shape index (κ2) is 4.20. The average molecular weight is 254 g/mol. The van der Waals surface area contributed by atoms with Gasteiger partial charge in [0.1, 0.15) is 0 Å². The first kappa shape index (κ1) is 11.2. The molecule has 4 rings (SSSR count). The Hall–Kier alpha value is -1.61. The SMILES string of the molecule is Cc1cc(-c2cnc(C3CC3)o2)cc2c1CNCC2. The Morgan fingerprint density at radius 2 is 2.21 bits per heavy atom. The second-order valence-corrected chi connectivity index (χ2v) is 5.69. The summed E-state index contributed by atoms with van der Waals surface area (Å²) in [5.74, 6) is 2.43. The van der Waals surface area contributed by atoms with Gasteiger partial charge < -0.3 is 9.73 Å². The van der Waals surface area contributed by atoms with Crippen molar-refractivity contribution >= 4 is 0 Å². The number of nitrogens with zero attached hydrogens (tertiary/aromatic N) is 1. The van der Waals surface area contributed by atoms with E-state index in [1.165, 1.54) is 35.1 Å². The van der Waals surface area contributed by atoms with Crippen LogP contribution >= 0.6 is 0 Å². The highest BCUT2D eigenvalue weighted by atomic mass is 16.4. The van der Waals surface area contributed by atoms with Gasteiger partial charge in [-0.25, -0.2) is 4.98 Å². The maximum atomic E-state index is 5.91. The highest BCUT2D eigenvalue weighted by Gasteiger charge is 2.28. The molecule has 19 heavy (non-hydrogen) atoms. The van der Waals surface area contributed by atoms with Gasteiger partial charge in [0.05, 0.1) is 6.20 Å². The molecule has 3 heteroatoms. The third-order valence-corrected chi connectivity index (χ3v) is 4.17. The smallest absolute Gasteiger partial charge is 0.198 e. The van der Waals surface area contributed by atoms with Crippen molar-refractivity contribution in [3.8, 4) is 11.3 Å². The van der Waals surface area contributed by atoms with Gasteiger partial charge in [-0.15, -0.1) is 0 Å². The molecule has 2 aliphatic rings. The summed E-state index contributed by atoms with van der Waals surface area (Å²) in [4.78, 5) is 4.42. The minimum absolute atomic E-state index is 0.580. The van der Waals surface area contributed by atoms with E-state index in [2.05, 4.69) is 29.4 Å². The fraction of sp³-hybridized carbons (Fsp3) is 0.438. The molecule has 0 atom stereocenters. The summed E-state index contributed by atoms with van der Waals surface area (Å²) < 4.78 is 5.91. The summed E-state index contributed by atoms with van der Waals surface area (Å²) in [6.07, 6.45) is 5.45. The number of oxazole rings is 1. The topological polar surface area (TPSA) is 38.1 Å². The molecule has 0 radical (unpaired) electrons. The van der Waals surface area contributed by atoms with E-state index >= 15 is 0 Å². The lowest BCUT2D eigenvalue weighted by molar-refractivity contribution is 0.509. The van der Waals surface area contributed by atoms with Crippen LogP contribution in [0.5, 0.6) is 0 Å². The summed E-state index contributed by atoms with van der Waals surface area (Å²) in [5.41, 5.74) is 5.44. The number of rotatable bonds is 2. The molecule has 1 saturated carbocycles. The molecule has 0 saturated heterocycles. The van der Waals surface area contributed by atoms with E-state index < -0.39 is 0 Å². The van der Waals surface area contributed by atoms with Crippen molar-refractivity contribution < 1.29 is 4.42 Å².